The van der Waals surface area contributed by atoms with Gasteiger partial charge in [-0.15, -0.1) is 0 Å². The first kappa shape index (κ1) is 14.3. The van der Waals surface area contributed by atoms with Crippen LogP contribution in [0.3, 0.4) is 0 Å². The van der Waals surface area contributed by atoms with Crippen molar-refractivity contribution in [3.8, 4) is 0 Å². The molecule has 0 aliphatic heterocycles. The van der Waals surface area contributed by atoms with Crippen LogP contribution in [0.4, 0.5) is 5.69 Å². The maximum absolute atomic E-state index is 11.9. The highest BCUT2D eigenvalue weighted by molar-refractivity contribution is 7.92. The summed E-state index contributed by atoms with van der Waals surface area (Å²) >= 11 is 0. The molecule has 0 saturated heterocycles. The standard InChI is InChI=1S/C12H15N3O4S/c1-19-12(16)3-2-6-20(17,18)15-10-5-4-9-8-13-14-11(9)7-10/h4-5,7-8,15H,2-3,6H2,1H3,(H,13,14). The number of anilines is 1. The first-order chi connectivity index (χ1) is 9.50. The van der Waals surface area contributed by atoms with E-state index >= 15 is 0 Å². The molecule has 1 aromatic heterocycles. The molecule has 0 fully saturated rings. The van der Waals surface area contributed by atoms with E-state index in [-0.39, 0.29) is 18.6 Å². The summed E-state index contributed by atoms with van der Waals surface area (Å²) in [6.07, 6.45) is 1.95. The molecule has 0 bridgehead atoms. The van der Waals surface area contributed by atoms with Gasteiger partial charge < -0.3 is 4.74 Å². The molecule has 1 aromatic carbocycles. The summed E-state index contributed by atoms with van der Waals surface area (Å²) in [6, 6.07) is 5.10. The van der Waals surface area contributed by atoms with Crippen LogP contribution in [0.5, 0.6) is 0 Å². The Hall–Kier alpha value is -2.09. The van der Waals surface area contributed by atoms with Crippen molar-refractivity contribution in [2.45, 2.75) is 12.8 Å². The molecule has 1 heterocycles. The molecule has 8 heteroatoms. The summed E-state index contributed by atoms with van der Waals surface area (Å²) in [5, 5.41) is 7.53. The second-order valence-corrected chi connectivity index (χ2v) is 6.11. The smallest absolute Gasteiger partial charge is 0.305 e. The van der Waals surface area contributed by atoms with Crippen molar-refractivity contribution in [2.75, 3.05) is 17.6 Å². The van der Waals surface area contributed by atoms with Gasteiger partial charge in [0.05, 0.1) is 30.3 Å². The molecule has 2 N–H and O–H groups in total. The molecule has 0 radical (unpaired) electrons. The fourth-order valence-electron chi connectivity index (χ4n) is 1.74. The second-order valence-electron chi connectivity index (χ2n) is 4.27. The molecule has 0 unspecified atom stereocenters. The lowest BCUT2D eigenvalue weighted by Crippen LogP contribution is -2.17. The lowest BCUT2D eigenvalue weighted by Gasteiger charge is -2.07. The van der Waals surface area contributed by atoms with E-state index in [0.717, 1.165) is 10.9 Å². The number of ether oxygens (including phenoxy) is 1. The van der Waals surface area contributed by atoms with Gasteiger partial charge in [0.15, 0.2) is 0 Å². The molecule has 108 valence electrons. The summed E-state index contributed by atoms with van der Waals surface area (Å²) in [5.41, 5.74) is 1.21. The van der Waals surface area contributed by atoms with E-state index in [1.165, 1.54) is 7.11 Å². The first-order valence-corrected chi connectivity index (χ1v) is 7.66. The SMILES string of the molecule is COC(=O)CCCS(=O)(=O)Nc1ccc2cn[nH]c2c1. The Kier molecular flexibility index (Phi) is 4.23. The number of aromatic nitrogens is 2. The number of aromatic amines is 1. The van der Waals surface area contributed by atoms with Gasteiger partial charge in [-0.3, -0.25) is 14.6 Å². The van der Waals surface area contributed by atoms with Crippen LogP contribution >= 0.6 is 0 Å². The van der Waals surface area contributed by atoms with Crippen LogP contribution in [-0.2, 0) is 19.6 Å². The number of carbonyl (C=O) groups excluding carboxylic acids is 1. The van der Waals surface area contributed by atoms with Crippen molar-refractivity contribution in [1.82, 2.24) is 10.2 Å². The summed E-state index contributed by atoms with van der Waals surface area (Å²) in [5.74, 6) is -0.553. The Labute approximate surface area is 116 Å². The Morgan fingerprint density at radius 1 is 1.45 bits per heavy atom. The second kappa shape index (κ2) is 5.91. The molecule has 2 rings (SSSR count). The number of esters is 1. The van der Waals surface area contributed by atoms with Gasteiger partial charge in [0.2, 0.25) is 10.0 Å². The molecule has 0 saturated carbocycles. The highest BCUT2D eigenvalue weighted by atomic mass is 32.2. The minimum Gasteiger partial charge on any atom is -0.469 e. The predicted molar refractivity (Wildman–Crippen MR) is 74.8 cm³/mol. The molecular weight excluding hydrogens is 282 g/mol. The number of H-pyrrole nitrogens is 1. The number of methoxy groups -OCH3 is 1. The molecule has 0 aliphatic rings. The maximum atomic E-state index is 11.9. The third-order valence-corrected chi connectivity index (χ3v) is 4.11. The summed E-state index contributed by atoms with van der Waals surface area (Å²) < 4.78 is 30.6. The molecule has 7 nitrogen and oxygen atoms in total. The molecular formula is C12H15N3O4S. The van der Waals surface area contributed by atoms with Gasteiger partial charge in [-0.25, -0.2) is 8.42 Å². The zero-order valence-electron chi connectivity index (χ0n) is 10.9. The number of hydrogen-bond donors (Lipinski definition) is 2. The number of hydrogen-bond acceptors (Lipinski definition) is 5. The van der Waals surface area contributed by atoms with Gasteiger partial charge in [0, 0.05) is 11.8 Å². The van der Waals surface area contributed by atoms with E-state index in [4.69, 9.17) is 0 Å². The fourth-order valence-corrected chi connectivity index (χ4v) is 2.85. The Morgan fingerprint density at radius 2 is 2.25 bits per heavy atom. The van der Waals surface area contributed by atoms with Crippen molar-refractivity contribution >= 4 is 32.6 Å². The first-order valence-electron chi connectivity index (χ1n) is 6.00. The van der Waals surface area contributed by atoms with Crippen LogP contribution in [-0.4, -0.2) is 37.4 Å². The number of nitrogens with one attached hydrogen (secondary N) is 2. The number of benzene rings is 1. The predicted octanol–water partition coefficient (Wildman–Crippen LogP) is 1.26. The Bertz CT molecular complexity index is 708. The van der Waals surface area contributed by atoms with Crippen LogP contribution < -0.4 is 4.72 Å². The van der Waals surface area contributed by atoms with E-state index in [9.17, 15) is 13.2 Å². The van der Waals surface area contributed by atoms with Gasteiger partial charge in [-0.05, 0) is 24.6 Å². The van der Waals surface area contributed by atoms with Crippen LogP contribution in [0.25, 0.3) is 10.9 Å². The molecule has 0 atom stereocenters. The topological polar surface area (TPSA) is 101 Å². The van der Waals surface area contributed by atoms with Gasteiger partial charge in [-0.2, -0.15) is 5.10 Å². The van der Waals surface area contributed by atoms with Crippen molar-refractivity contribution < 1.29 is 17.9 Å². The fraction of sp³-hybridized carbons (Fsp3) is 0.333. The quantitative estimate of drug-likeness (QED) is 0.782. The number of carbonyl (C=O) groups is 1. The average molecular weight is 297 g/mol. The lowest BCUT2D eigenvalue weighted by molar-refractivity contribution is -0.140. The normalized spacial score (nSPS) is 11.4. The zero-order chi connectivity index (χ0) is 14.6. The van der Waals surface area contributed by atoms with E-state index in [1.54, 1.807) is 24.4 Å². The molecule has 0 aliphatic carbocycles. The Balaban J connectivity index is 1.98. The minimum atomic E-state index is -3.48. The average Bonchev–Trinajstić information content (AvgIpc) is 2.85. The highest BCUT2D eigenvalue weighted by Crippen LogP contribution is 2.17. The largest absolute Gasteiger partial charge is 0.469 e. The van der Waals surface area contributed by atoms with Crippen molar-refractivity contribution in [1.29, 1.82) is 0 Å². The third-order valence-electron chi connectivity index (χ3n) is 2.74. The summed E-state index contributed by atoms with van der Waals surface area (Å²) in [7, 11) is -2.21. The summed E-state index contributed by atoms with van der Waals surface area (Å²) in [6.45, 7) is 0. The highest BCUT2D eigenvalue weighted by Gasteiger charge is 2.12. The van der Waals surface area contributed by atoms with Gasteiger partial charge >= 0.3 is 5.97 Å². The van der Waals surface area contributed by atoms with Crippen LogP contribution in [0.1, 0.15) is 12.8 Å². The van der Waals surface area contributed by atoms with Crippen LogP contribution in [0.15, 0.2) is 24.4 Å². The van der Waals surface area contributed by atoms with Crippen molar-refractivity contribution in [3.63, 3.8) is 0 Å². The summed E-state index contributed by atoms with van der Waals surface area (Å²) in [4.78, 5) is 10.9. The number of fused-ring (bicyclic) bond motifs is 1. The third kappa shape index (κ3) is 3.70. The number of sulfonamides is 1. The van der Waals surface area contributed by atoms with E-state index < -0.39 is 16.0 Å². The minimum absolute atomic E-state index is 0.0804. The van der Waals surface area contributed by atoms with Gasteiger partial charge in [0.25, 0.3) is 0 Å². The number of rotatable bonds is 6. The van der Waals surface area contributed by atoms with E-state index in [2.05, 4.69) is 19.7 Å². The van der Waals surface area contributed by atoms with Gasteiger partial charge in [-0.1, -0.05) is 0 Å². The lowest BCUT2D eigenvalue weighted by atomic mass is 10.2. The van der Waals surface area contributed by atoms with Crippen LogP contribution in [0.2, 0.25) is 0 Å². The van der Waals surface area contributed by atoms with E-state index in [1.807, 2.05) is 0 Å². The monoisotopic (exact) mass is 297 g/mol. The molecule has 0 amide bonds. The molecule has 2 aromatic rings. The van der Waals surface area contributed by atoms with Crippen molar-refractivity contribution in [2.24, 2.45) is 0 Å². The van der Waals surface area contributed by atoms with Crippen molar-refractivity contribution in [3.05, 3.63) is 24.4 Å². The molecule has 0 spiro atoms. The number of nitrogens with zero attached hydrogens (tertiary/aromatic N) is 1. The Morgan fingerprint density at radius 3 is 3.00 bits per heavy atom. The zero-order valence-corrected chi connectivity index (χ0v) is 11.7. The van der Waals surface area contributed by atoms with Gasteiger partial charge in [0.1, 0.15) is 0 Å². The van der Waals surface area contributed by atoms with Crippen LogP contribution in [0, 0.1) is 0 Å². The van der Waals surface area contributed by atoms with E-state index in [0.29, 0.717) is 5.69 Å². The molecule has 20 heavy (non-hydrogen) atoms. The maximum Gasteiger partial charge on any atom is 0.305 e.